The summed E-state index contributed by atoms with van der Waals surface area (Å²) in [5.41, 5.74) is 2.24. The third-order valence-electron chi connectivity index (χ3n) is 3.09. The van der Waals surface area contributed by atoms with Crippen molar-refractivity contribution in [1.82, 2.24) is 9.38 Å². The lowest BCUT2D eigenvalue weighted by atomic mass is 10.1. The molecule has 0 aliphatic rings. The van der Waals surface area contributed by atoms with Crippen molar-refractivity contribution in [2.24, 2.45) is 0 Å². The Labute approximate surface area is 116 Å². The molecule has 19 heavy (non-hydrogen) atoms. The second kappa shape index (κ2) is 4.94. The summed E-state index contributed by atoms with van der Waals surface area (Å²) in [4.78, 5) is 4.45. The van der Waals surface area contributed by atoms with Gasteiger partial charge in [0.05, 0.1) is 23.8 Å². The third-order valence-corrected chi connectivity index (χ3v) is 3.31. The van der Waals surface area contributed by atoms with E-state index in [1.807, 2.05) is 53.2 Å². The first kappa shape index (κ1) is 12.1. The van der Waals surface area contributed by atoms with E-state index in [2.05, 4.69) is 4.98 Å². The van der Waals surface area contributed by atoms with Crippen LogP contribution in [0.25, 0.3) is 5.52 Å². The fraction of sp³-hybridized carbons (Fsp3) is 0.133. The maximum absolute atomic E-state index is 6.02. The van der Waals surface area contributed by atoms with Crippen LogP contribution < -0.4 is 4.74 Å². The lowest BCUT2D eigenvalue weighted by molar-refractivity contribution is 0.414. The molecule has 0 unspecified atom stereocenters. The molecule has 96 valence electrons. The predicted molar refractivity (Wildman–Crippen MR) is 76.0 cm³/mol. The summed E-state index contributed by atoms with van der Waals surface area (Å²) in [5, 5.41) is 0.710. The molecule has 4 heteroatoms. The lowest BCUT2D eigenvalue weighted by Gasteiger charge is -2.04. The largest absolute Gasteiger partial charge is 0.497 e. The van der Waals surface area contributed by atoms with Gasteiger partial charge in [0.15, 0.2) is 0 Å². The van der Waals surface area contributed by atoms with E-state index in [1.54, 1.807) is 7.11 Å². The molecule has 0 saturated carbocycles. The van der Waals surface area contributed by atoms with E-state index >= 15 is 0 Å². The smallest absolute Gasteiger partial charge is 0.118 e. The Hall–Kier alpha value is -2.00. The zero-order valence-corrected chi connectivity index (χ0v) is 11.3. The van der Waals surface area contributed by atoms with Crippen LogP contribution >= 0.6 is 11.6 Å². The Balaban J connectivity index is 1.93. The number of methoxy groups -OCH3 is 1. The molecule has 1 aromatic carbocycles. The molecule has 0 amide bonds. The van der Waals surface area contributed by atoms with Crippen molar-refractivity contribution in [3.8, 4) is 5.75 Å². The van der Waals surface area contributed by atoms with E-state index < -0.39 is 0 Å². The van der Waals surface area contributed by atoms with Gasteiger partial charge in [0, 0.05) is 12.6 Å². The van der Waals surface area contributed by atoms with Gasteiger partial charge in [-0.15, -0.1) is 0 Å². The maximum atomic E-state index is 6.02. The van der Waals surface area contributed by atoms with Gasteiger partial charge in [0.25, 0.3) is 0 Å². The number of imidazole rings is 1. The van der Waals surface area contributed by atoms with Crippen LogP contribution in [0.2, 0.25) is 5.02 Å². The molecule has 0 aliphatic heterocycles. The first-order valence-electron chi connectivity index (χ1n) is 6.01. The summed E-state index contributed by atoms with van der Waals surface area (Å²) < 4.78 is 7.17. The maximum Gasteiger partial charge on any atom is 0.118 e. The highest BCUT2D eigenvalue weighted by Gasteiger charge is 2.05. The van der Waals surface area contributed by atoms with Crippen molar-refractivity contribution in [2.45, 2.75) is 6.42 Å². The zero-order valence-electron chi connectivity index (χ0n) is 10.5. The van der Waals surface area contributed by atoms with Crippen molar-refractivity contribution in [1.29, 1.82) is 0 Å². The molecule has 0 atom stereocenters. The van der Waals surface area contributed by atoms with Gasteiger partial charge in [-0.25, -0.2) is 4.98 Å². The van der Waals surface area contributed by atoms with E-state index in [0.29, 0.717) is 5.02 Å². The molecule has 0 radical (unpaired) electrons. The lowest BCUT2D eigenvalue weighted by Crippen LogP contribution is -1.96. The molecule has 2 aromatic heterocycles. The molecule has 0 aliphatic carbocycles. The van der Waals surface area contributed by atoms with Gasteiger partial charge in [-0.3, -0.25) is 0 Å². The van der Waals surface area contributed by atoms with E-state index in [-0.39, 0.29) is 0 Å². The Morgan fingerprint density at radius 2 is 1.95 bits per heavy atom. The van der Waals surface area contributed by atoms with Crippen LogP contribution in [0.15, 0.2) is 48.8 Å². The molecule has 3 aromatic rings. The fourth-order valence-corrected chi connectivity index (χ4v) is 2.24. The van der Waals surface area contributed by atoms with Gasteiger partial charge in [0.1, 0.15) is 11.6 Å². The second-order valence-corrected chi connectivity index (χ2v) is 4.78. The first-order valence-corrected chi connectivity index (χ1v) is 6.38. The number of pyridine rings is 1. The standard InChI is InChI=1S/C15H13ClN2O/c1-19-14-6-2-11(3-7-14)8-15-17-9-13-5-4-12(16)10-18(13)15/h2-7,9-10H,8H2,1H3. The molecular formula is C15H13ClN2O. The minimum absolute atomic E-state index is 0.710. The van der Waals surface area contributed by atoms with Gasteiger partial charge in [-0.1, -0.05) is 23.7 Å². The number of aromatic nitrogens is 2. The Kier molecular flexibility index (Phi) is 3.13. The number of benzene rings is 1. The van der Waals surface area contributed by atoms with Crippen LogP contribution in [0.4, 0.5) is 0 Å². The number of fused-ring (bicyclic) bond motifs is 1. The van der Waals surface area contributed by atoms with Crippen molar-refractivity contribution in [3.05, 3.63) is 65.2 Å². The Morgan fingerprint density at radius 3 is 2.68 bits per heavy atom. The minimum atomic E-state index is 0.710. The highest BCUT2D eigenvalue weighted by atomic mass is 35.5. The highest BCUT2D eigenvalue weighted by Crippen LogP contribution is 2.17. The molecule has 2 heterocycles. The number of hydrogen-bond acceptors (Lipinski definition) is 2. The first-order chi connectivity index (χ1) is 9.26. The summed E-state index contributed by atoms with van der Waals surface area (Å²) in [6.45, 7) is 0. The Morgan fingerprint density at radius 1 is 1.16 bits per heavy atom. The van der Waals surface area contributed by atoms with Crippen LogP contribution in [0.3, 0.4) is 0 Å². The predicted octanol–water partition coefficient (Wildman–Crippen LogP) is 3.59. The van der Waals surface area contributed by atoms with Crippen LogP contribution in [0.5, 0.6) is 5.75 Å². The number of halogens is 1. The normalized spacial score (nSPS) is 10.8. The van der Waals surface area contributed by atoms with Crippen molar-refractivity contribution in [2.75, 3.05) is 7.11 Å². The number of ether oxygens (including phenoxy) is 1. The van der Waals surface area contributed by atoms with Gasteiger partial charge in [0.2, 0.25) is 0 Å². The number of nitrogens with zero attached hydrogens (tertiary/aromatic N) is 2. The summed E-state index contributed by atoms with van der Waals surface area (Å²) >= 11 is 6.02. The molecule has 0 spiro atoms. The van der Waals surface area contributed by atoms with Gasteiger partial charge in [-0.05, 0) is 29.8 Å². The summed E-state index contributed by atoms with van der Waals surface area (Å²) in [6, 6.07) is 11.8. The average molecular weight is 273 g/mol. The third kappa shape index (κ3) is 2.42. The zero-order chi connectivity index (χ0) is 13.2. The van der Waals surface area contributed by atoms with Crippen molar-refractivity contribution in [3.63, 3.8) is 0 Å². The molecule has 0 bridgehead atoms. The topological polar surface area (TPSA) is 26.5 Å². The summed E-state index contributed by atoms with van der Waals surface area (Å²) in [5.74, 6) is 1.84. The van der Waals surface area contributed by atoms with Crippen LogP contribution in [0.1, 0.15) is 11.4 Å². The molecule has 3 rings (SSSR count). The van der Waals surface area contributed by atoms with E-state index in [1.165, 1.54) is 5.56 Å². The van der Waals surface area contributed by atoms with E-state index in [0.717, 1.165) is 23.5 Å². The van der Waals surface area contributed by atoms with Gasteiger partial charge < -0.3 is 9.14 Å². The Bertz CT molecular complexity index is 704. The monoisotopic (exact) mass is 272 g/mol. The summed E-state index contributed by atoms with van der Waals surface area (Å²) in [7, 11) is 1.67. The molecule has 3 nitrogen and oxygen atoms in total. The van der Waals surface area contributed by atoms with Crippen molar-refractivity contribution < 1.29 is 4.74 Å². The highest BCUT2D eigenvalue weighted by molar-refractivity contribution is 6.30. The molecule has 0 fully saturated rings. The van der Waals surface area contributed by atoms with E-state index in [4.69, 9.17) is 16.3 Å². The van der Waals surface area contributed by atoms with Crippen molar-refractivity contribution >= 4 is 17.1 Å². The quantitative estimate of drug-likeness (QED) is 0.728. The number of rotatable bonds is 3. The van der Waals surface area contributed by atoms with Gasteiger partial charge >= 0.3 is 0 Å². The van der Waals surface area contributed by atoms with Crippen LogP contribution in [-0.2, 0) is 6.42 Å². The molecular weight excluding hydrogens is 260 g/mol. The number of hydrogen-bond donors (Lipinski definition) is 0. The fourth-order valence-electron chi connectivity index (χ4n) is 2.07. The van der Waals surface area contributed by atoms with Gasteiger partial charge in [-0.2, -0.15) is 0 Å². The van der Waals surface area contributed by atoms with Crippen LogP contribution in [-0.4, -0.2) is 16.5 Å². The second-order valence-electron chi connectivity index (χ2n) is 4.34. The minimum Gasteiger partial charge on any atom is -0.497 e. The summed E-state index contributed by atoms with van der Waals surface area (Å²) in [6.07, 6.45) is 4.51. The van der Waals surface area contributed by atoms with E-state index in [9.17, 15) is 0 Å². The average Bonchev–Trinajstić information content (AvgIpc) is 2.82. The van der Waals surface area contributed by atoms with Crippen LogP contribution in [0, 0.1) is 0 Å². The molecule has 0 N–H and O–H groups in total. The molecule has 0 saturated heterocycles. The SMILES string of the molecule is COc1ccc(Cc2ncc3ccc(Cl)cn23)cc1.